The maximum Gasteiger partial charge on any atom is 0.356 e. The van der Waals surface area contributed by atoms with Gasteiger partial charge in [0.05, 0.1) is 0 Å². The van der Waals surface area contributed by atoms with Gasteiger partial charge in [-0.15, -0.1) is 0 Å². The minimum Gasteiger partial charge on any atom is -0.476 e. The van der Waals surface area contributed by atoms with Crippen LogP contribution in [-0.2, 0) is 6.42 Å². The molecule has 4 aliphatic carbocycles. The van der Waals surface area contributed by atoms with Crippen LogP contribution in [0.2, 0.25) is 0 Å². The SMILES string of the molecule is CCc1[nH]c(C2C3CC4CC(C3)CC2C4)nc1C(=O)O. The third-order valence-corrected chi connectivity index (χ3v) is 5.90. The van der Waals surface area contributed by atoms with Crippen molar-refractivity contribution >= 4 is 5.97 Å². The second-order valence-electron chi connectivity index (χ2n) is 7.06. The lowest BCUT2D eigenvalue weighted by Gasteiger charge is -2.53. The summed E-state index contributed by atoms with van der Waals surface area (Å²) < 4.78 is 0. The molecule has 20 heavy (non-hydrogen) atoms. The van der Waals surface area contributed by atoms with Crippen molar-refractivity contribution in [3.63, 3.8) is 0 Å². The average molecular weight is 274 g/mol. The Morgan fingerprint density at radius 1 is 1.20 bits per heavy atom. The van der Waals surface area contributed by atoms with E-state index in [1.165, 1.54) is 32.1 Å². The number of nitrogens with zero attached hydrogens (tertiary/aromatic N) is 1. The van der Waals surface area contributed by atoms with E-state index in [9.17, 15) is 9.90 Å². The molecule has 4 fully saturated rings. The number of hydrogen-bond donors (Lipinski definition) is 2. The van der Waals surface area contributed by atoms with Gasteiger partial charge < -0.3 is 10.1 Å². The summed E-state index contributed by atoms with van der Waals surface area (Å²) in [4.78, 5) is 19.1. The Labute approximate surface area is 119 Å². The van der Waals surface area contributed by atoms with Gasteiger partial charge >= 0.3 is 5.97 Å². The molecule has 1 aromatic rings. The van der Waals surface area contributed by atoms with E-state index < -0.39 is 5.97 Å². The standard InChI is InChI=1S/C16H22N2O2/c1-2-12-14(16(19)20)18-15(17-12)13-10-4-8-3-9(6-10)7-11(13)5-8/h8-11,13H,2-7H2,1H3,(H,17,18)(H,19,20). The van der Waals surface area contributed by atoms with Crippen LogP contribution < -0.4 is 0 Å². The van der Waals surface area contributed by atoms with Crippen molar-refractivity contribution in [2.75, 3.05) is 0 Å². The zero-order chi connectivity index (χ0) is 13.9. The van der Waals surface area contributed by atoms with Crippen LogP contribution in [0.25, 0.3) is 0 Å². The molecule has 0 amide bonds. The van der Waals surface area contributed by atoms with E-state index in [2.05, 4.69) is 9.97 Å². The largest absolute Gasteiger partial charge is 0.476 e. The van der Waals surface area contributed by atoms with Gasteiger partial charge in [0.25, 0.3) is 0 Å². The van der Waals surface area contributed by atoms with E-state index in [0.29, 0.717) is 12.3 Å². The highest BCUT2D eigenvalue weighted by molar-refractivity contribution is 5.86. The maximum absolute atomic E-state index is 11.3. The molecule has 4 saturated carbocycles. The van der Waals surface area contributed by atoms with Gasteiger partial charge in [-0.25, -0.2) is 9.78 Å². The number of rotatable bonds is 3. The Bertz CT molecular complexity index is 521. The number of aryl methyl sites for hydroxylation is 1. The number of carboxylic acid groups (broad SMARTS) is 1. The molecular formula is C16H22N2O2. The van der Waals surface area contributed by atoms with Crippen molar-refractivity contribution in [3.05, 3.63) is 17.2 Å². The second kappa shape index (κ2) is 4.34. The van der Waals surface area contributed by atoms with Gasteiger partial charge in [-0.05, 0) is 62.2 Å². The highest BCUT2D eigenvalue weighted by Gasteiger charge is 2.49. The summed E-state index contributed by atoms with van der Waals surface area (Å²) in [5, 5.41) is 9.28. The normalized spacial score (nSPS) is 38.4. The van der Waals surface area contributed by atoms with E-state index >= 15 is 0 Å². The van der Waals surface area contributed by atoms with Crippen LogP contribution in [0.3, 0.4) is 0 Å². The number of aromatic amines is 1. The van der Waals surface area contributed by atoms with Gasteiger partial charge in [-0.3, -0.25) is 0 Å². The first-order chi connectivity index (χ1) is 9.65. The summed E-state index contributed by atoms with van der Waals surface area (Å²) >= 11 is 0. The van der Waals surface area contributed by atoms with Gasteiger partial charge in [0.1, 0.15) is 5.82 Å². The summed E-state index contributed by atoms with van der Waals surface area (Å²) in [6, 6.07) is 0. The Morgan fingerprint density at radius 3 is 2.25 bits per heavy atom. The van der Waals surface area contributed by atoms with Crippen LogP contribution in [-0.4, -0.2) is 21.0 Å². The fraction of sp³-hybridized carbons (Fsp3) is 0.750. The Hall–Kier alpha value is -1.32. The molecular weight excluding hydrogens is 252 g/mol. The first-order valence-corrected chi connectivity index (χ1v) is 7.97. The second-order valence-corrected chi connectivity index (χ2v) is 7.06. The van der Waals surface area contributed by atoms with Gasteiger partial charge in [-0.2, -0.15) is 0 Å². The first-order valence-electron chi connectivity index (χ1n) is 7.97. The fourth-order valence-electron chi connectivity index (χ4n) is 5.39. The summed E-state index contributed by atoms with van der Waals surface area (Å²) in [7, 11) is 0. The highest BCUT2D eigenvalue weighted by Crippen LogP contribution is 2.59. The molecule has 4 heteroatoms. The zero-order valence-electron chi connectivity index (χ0n) is 11.9. The van der Waals surface area contributed by atoms with Gasteiger partial charge in [-0.1, -0.05) is 6.92 Å². The number of H-pyrrole nitrogens is 1. The van der Waals surface area contributed by atoms with Crippen molar-refractivity contribution in [1.29, 1.82) is 0 Å². The lowest BCUT2D eigenvalue weighted by molar-refractivity contribution is -0.00546. The van der Waals surface area contributed by atoms with Crippen LogP contribution in [0.15, 0.2) is 0 Å². The minimum absolute atomic E-state index is 0.247. The van der Waals surface area contributed by atoms with Crippen LogP contribution in [0.1, 0.15) is 67.0 Å². The summed E-state index contributed by atoms with van der Waals surface area (Å²) in [6.07, 6.45) is 7.50. The summed E-state index contributed by atoms with van der Waals surface area (Å²) in [5.41, 5.74) is 1.04. The Balaban J connectivity index is 1.69. The minimum atomic E-state index is -0.895. The number of carbonyl (C=O) groups is 1. The van der Waals surface area contributed by atoms with Gasteiger partial charge in [0.15, 0.2) is 5.69 Å². The zero-order valence-corrected chi connectivity index (χ0v) is 11.9. The molecule has 5 rings (SSSR count). The maximum atomic E-state index is 11.3. The average Bonchev–Trinajstić information content (AvgIpc) is 2.81. The molecule has 2 N–H and O–H groups in total. The van der Waals surface area contributed by atoms with E-state index in [-0.39, 0.29) is 5.69 Å². The monoisotopic (exact) mass is 274 g/mol. The van der Waals surface area contributed by atoms with Crippen molar-refractivity contribution in [2.45, 2.75) is 51.4 Å². The molecule has 0 spiro atoms. The summed E-state index contributed by atoms with van der Waals surface area (Å²) in [6.45, 7) is 1.99. The van der Waals surface area contributed by atoms with Crippen molar-refractivity contribution < 1.29 is 9.90 Å². The topological polar surface area (TPSA) is 66.0 Å². The molecule has 0 atom stereocenters. The smallest absolute Gasteiger partial charge is 0.356 e. The molecule has 0 aromatic carbocycles. The molecule has 1 heterocycles. The van der Waals surface area contributed by atoms with Crippen LogP contribution in [0, 0.1) is 23.7 Å². The number of aromatic nitrogens is 2. The predicted molar refractivity (Wildman–Crippen MR) is 74.7 cm³/mol. The lowest BCUT2D eigenvalue weighted by Crippen LogP contribution is -2.44. The molecule has 0 unspecified atom stereocenters. The van der Waals surface area contributed by atoms with Crippen LogP contribution >= 0.6 is 0 Å². The Kier molecular flexibility index (Phi) is 2.69. The van der Waals surface area contributed by atoms with Gasteiger partial charge in [0.2, 0.25) is 0 Å². The van der Waals surface area contributed by atoms with Crippen LogP contribution in [0.5, 0.6) is 0 Å². The van der Waals surface area contributed by atoms with Crippen LogP contribution in [0.4, 0.5) is 0 Å². The number of aromatic carboxylic acids is 1. The van der Waals surface area contributed by atoms with E-state index in [1.807, 2.05) is 6.92 Å². The molecule has 4 nitrogen and oxygen atoms in total. The van der Waals surface area contributed by atoms with Crippen molar-refractivity contribution in [1.82, 2.24) is 9.97 Å². The number of nitrogens with one attached hydrogen (secondary N) is 1. The third-order valence-electron chi connectivity index (χ3n) is 5.90. The van der Waals surface area contributed by atoms with Gasteiger partial charge in [0, 0.05) is 11.6 Å². The Morgan fingerprint density at radius 2 is 1.80 bits per heavy atom. The van der Waals surface area contributed by atoms with Crippen molar-refractivity contribution in [3.8, 4) is 0 Å². The molecule has 4 bridgehead atoms. The quantitative estimate of drug-likeness (QED) is 0.889. The van der Waals surface area contributed by atoms with E-state index in [4.69, 9.17) is 0 Å². The predicted octanol–water partition coefficient (Wildman–Crippen LogP) is 3.21. The molecule has 1 aromatic heterocycles. The first kappa shape index (κ1) is 12.4. The van der Waals surface area contributed by atoms with E-state index in [0.717, 1.165) is 35.2 Å². The number of carboxylic acids is 1. The number of hydrogen-bond acceptors (Lipinski definition) is 2. The molecule has 4 aliphatic rings. The van der Waals surface area contributed by atoms with E-state index in [1.54, 1.807) is 0 Å². The molecule has 0 aliphatic heterocycles. The third kappa shape index (κ3) is 1.73. The van der Waals surface area contributed by atoms with Crippen molar-refractivity contribution in [2.24, 2.45) is 23.7 Å². The fourth-order valence-corrected chi connectivity index (χ4v) is 5.39. The summed E-state index contributed by atoms with van der Waals surface area (Å²) in [5.74, 6) is 3.91. The number of imidazole rings is 1. The molecule has 108 valence electrons. The lowest BCUT2D eigenvalue weighted by atomic mass is 9.52. The molecule has 0 saturated heterocycles. The highest BCUT2D eigenvalue weighted by atomic mass is 16.4. The molecule has 0 radical (unpaired) electrons.